The Morgan fingerprint density at radius 2 is 2.16 bits per heavy atom. The molecule has 19 heavy (non-hydrogen) atoms. The van der Waals surface area contributed by atoms with Gasteiger partial charge in [0, 0.05) is 17.7 Å². The van der Waals surface area contributed by atoms with Crippen LogP contribution in [-0.2, 0) is 5.41 Å². The topological polar surface area (TPSA) is 56.0 Å². The number of halogens is 1. The summed E-state index contributed by atoms with van der Waals surface area (Å²) >= 11 is 5.85. The zero-order valence-corrected chi connectivity index (χ0v) is 10.7. The van der Waals surface area contributed by atoms with E-state index in [4.69, 9.17) is 11.6 Å². The molecule has 1 fully saturated rings. The lowest BCUT2D eigenvalue weighted by Crippen LogP contribution is -2.09. The van der Waals surface area contributed by atoms with Gasteiger partial charge in [0.1, 0.15) is 5.02 Å². The molecule has 1 aromatic carbocycles. The largest absolute Gasteiger partial charge is 0.288 e. The van der Waals surface area contributed by atoms with Gasteiger partial charge in [0.15, 0.2) is 0 Å². The van der Waals surface area contributed by atoms with Gasteiger partial charge in [0.25, 0.3) is 5.69 Å². The van der Waals surface area contributed by atoms with E-state index < -0.39 is 4.92 Å². The summed E-state index contributed by atoms with van der Waals surface area (Å²) in [6, 6.07) is 8.82. The Kier molecular flexibility index (Phi) is 2.75. The van der Waals surface area contributed by atoms with Crippen molar-refractivity contribution in [1.82, 2.24) is 4.98 Å². The molecule has 0 spiro atoms. The number of pyridine rings is 1. The highest BCUT2D eigenvalue weighted by molar-refractivity contribution is 6.32. The van der Waals surface area contributed by atoms with Crippen molar-refractivity contribution in [3.05, 3.63) is 69.0 Å². The van der Waals surface area contributed by atoms with E-state index in [-0.39, 0.29) is 16.1 Å². The van der Waals surface area contributed by atoms with Gasteiger partial charge in [-0.25, -0.2) is 0 Å². The number of nitro benzene ring substituents is 1. The zero-order valence-electron chi connectivity index (χ0n) is 9.97. The second-order valence-corrected chi connectivity index (χ2v) is 5.08. The fourth-order valence-corrected chi connectivity index (χ4v) is 2.57. The fraction of sp³-hybridized carbons (Fsp3) is 0.214. The molecule has 0 unspecified atom stereocenters. The molecule has 0 aliphatic heterocycles. The van der Waals surface area contributed by atoms with Crippen LogP contribution < -0.4 is 0 Å². The number of aromatic nitrogens is 1. The minimum Gasteiger partial charge on any atom is -0.258 e. The molecular formula is C14H10ClN2O2. The molecule has 0 atom stereocenters. The van der Waals surface area contributed by atoms with Gasteiger partial charge in [-0.15, -0.1) is 0 Å². The van der Waals surface area contributed by atoms with Crippen LogP contribution in [0.15, 0.2) is 36.5 Å². The van der Waals surface area contributed by atoms with Gasteiger partial charge in [0.2, 0.25) is 0 Å². The first-order valence-corrected chi connectivity index (χ1v) is 6.29. The lowest BCUT2D eigenvalue weighted by atomic mass is 9.89. The molecule has 1 aliphatic rings. The maximum atomic E-state index is 11.0. The number of nitrogens with zero attached hydrogens (tertiary/aromatic N) is 2. The lowest BCUT2D eigenvalue weighted by molar-refractivity contribution is -0.384. The molecular weight excluding hydrogens is 264 g/mol. The molecule has 3 rings (SSSR count). The summed E-state index contributed by atoms with van der Waals surface area (Å²) in [6.45, 7) is 0. The van der Waals surface area contributed by atoms with Crippen LogP contribution in [0.5, 0.6) is 0 Å². The summed E-state index contributed by atoms with van der Waals surface area (Å²) in [6.07, 6.45) is 6.56. The zero-order chi connectivity index (χ0) is 13.5. The average molecular weight is 274 g/mol. The predicted octanol–water partition coefficient (Wildman–Crippen LogP) is 3.52. The van der Waals surface area contributed by atoms with Crippen LogP contribution in [0.3, 0.4) is 0 Å². The van der Waals surface area contributed by atoms with E-state index in [1.54, 1.807) is 18.3 Å². The van der Waals surface area contributed by atoms with E-state index in [0.29, 0.717) is 0 Å². The van der Waals surface area contributed by atoms with Crippen molar-refractivity contribution in [1.29, 1.82) is 0 Å². The first kappa shape index (κ1) is 12.1. The Balaban J connectivity index is 2.08. The first-order valence-electron chi connectivity index (χ1n) is 5.91. The summed E-state index contributed by atoms with van der Waals surface area (Å²) in [5.74, 6) is 0. The van der Waals surface area contributed by atoms with Crippen molar-refractivity contribution in [3.8, 4) is 0 Å². The molecule has 1 aliphatic carbocycles. The van der Waals surface area contributed by atoms with Crippen molar-refractivity contribution < 1.29 is 4.92 Å². The molecule has 2 aromatic rings. The highest BCUT2D eigenvalue weighted by Gasteiger charge is 2.46. The summed E-state index contributed by atoms with van der Waals surface area (Å²) < 4.78 is 0. The van der Waals surface area contributed by atoms with Gasteiger partial charge in [-0.1, -0.05) is 23.7 Å². The number of rotatable bonds is 3. The van der Waals surface area contributed by atoms with Crippen LogP contribution in [0, 0.1) is 16.3 Å². The Bertz CT molecular complexity index is 639. The minimum absolute atomic E-state index is 0.0469. The maximum absolute atomic E-state index is 11.0. The number of nitro groups is 1. The van der Waals surface area contributed by atoms with Gasteiger partial charge in [-0.2, -0.15) is 0 Å². The number of hydrogen-bond donors (Lipinski definition) is 0. The van der Waals surface area contributed by atoms with E-state index in [9.17, 15) is 10.1 Å². The summed E-state index contributed by atoms with van der Waals surface area (Å²) in [7, 11) is 0. The molecule has 1 heterocycles. The standard InChI is InChI=1S/C14H10ClN2O2/c15-12-4-3-10(8-13(12)17(18)19)14(5-6-14)11-2-1-7-16-9-11/h1-4,7-8H,5-6H2. The quantitative estimate of drug-likeness (QED) is 0.635. The molecule has 0 bridgehead atoms. The van der Waals surface area contributed by atoms with Crippen molar-refractivity contribution in [2.24, 2.45) is 0 Å². The molecule has 1 radical (unpaired) electrons. The number of hydrogen-bond acceptors (Lipinski definition) is 3. The van der Waals surface area contributed by atoms with Gasteiger partial charge in [0.05, 0.1) is 11.1 Å². The molecule has 0 N–H and O–H groups in total. The summed E-state index contributed by atoms with van der Waals surface area (Å²) in [4.78, 5) is 14.5. The van der Waals surface area contributed by atoms with Gasteiger partial charge in [-0.05, 0) is 36.1 Å². The fourth-order valence-electron chi connectivity index (χ4n) is 2.38. The number of benzene rings is 1. The van der Waals surface area contributed by atoms with E-state index in [0.717, 1.165) is 24.0 Å². The third-order valence-electron chi connectivity index (χ3n) is 3.57. The average Bonchev–Trinajstić information content (AvgIpc) is 3.21. The lowest BCUT2D eigenvalue weighted by Gasteiger charge is -2.15. The monoisotopic (exact) mass is 273 g/mol. The second-order valence-electron chi connectivity index (χ2n) is 4.67. The van der Waals surface area contributed by atoms with E-state index in [2.05, 4.69) is 11.2 Å². The Labute approximate surface area is 115 Å². The Morgan fingerprint density at radius 1 is 1.37 bits per heavy atom. The molecule has 0 amide bonds. The summed E-state index contributed by atoms with van der Waals surface area (Å²) in [5.41, 5.74) is 1.66. The summed E-state index contributed by atoms with van der Waals surface area (Å²) in [5, 5.41) is 11.1. The molecule has 5 heteroatoms. The molecule has 95 valence electrons. The minimum atomic E-state index is -0.450. The van der Waals surface area contributed by atoms with Crippen molar-refractivity contribution in [3.63, 3.8) is 0 Å². The van der Waals surface area contributed by atoms with Crippen molar-refractivity contribution in [2.45, 2.75) is 18.3 Å². The molecule has 1 saturated carbocycles. The Hall–Kier alpha value is -1.94. The highest BCUT2D eigenvalue weighted by Crippen LogP contribution is 2.53. The molecule has 4 nitrogen and oxygen atoms in total. The smallest absolute Gasteiger partial charge is 0.258 e. The third kappa shape index (κ3) is 1.98. The third-order valence-corrected chi connectivity index (χ3v) is 3.89. The second kappa shape index (κ2) is 4.31. The Morgan fingerprint density at radius 3 is 2.74 bits per heavy atom. The van der Waals surface area contributed by atoms with Crippen LogP contribution in [0.25, 0.3) is 0 Å². The highest BCUT2D eigenvalue weighted by atomic mass is 35.5. The van der Waals surface area contributed by atoms with E-state index in [1.807, 2.05) is 18.2 Å². The maximum Gasteiger partial charge on any atom is 0.288 e. The van der Waals surface area contributed by atoms with Gasteiger partial charge >= 0.3 is 0 Å². The van der Waals surface area contributed by atoms with Crippen LogP contribution in [0.2, 0.25) is 5.02 Å². The van der Waals surface area contributed by atoms with E-state index >= 15 is 0 Å². The normalized spacial score (nSPS) is 16.1. The van der Waals surface area contributed by atoms with Gasteiger partial charge in [-0.3, -0.25) is 15.1 Å². The first-order chi connectivity index (χ1) is 9.13. The van der Waals surface area contributed by atoms with E-state index in [1.165, 1.54) is 0 Å². The molecule has 0 saturated heterocycles. The molecule has 1 aromatic heterocycles. The van der Waals surface area contributed by atoms with Crippen LogP contribution in [-0.4, -0.2) is 9.91 Å². The van der Waals surface area contributed by atoms with Crippen molar-refractivity contribution >= 4 is 17.3 Å². The van der Waals surface area contributed by atoms with Crippen LogP contribution >= 0.6 is 11.6 Å². The van der Waals surface area contributed by atoms with Crippen LogP contribution in [0.4, 0.5) is 5.69 Å². The SMILES string of the molecule is O=[N+]([O-])c1cc(C2(c3[c]nccc3)CC2)ccc1Cl. The van der Waals surface area contributed by atoms with Gasteiger partial charge < -0.3 is 0 Å². The van der Waals surface area contributed by atoms with Crippen molar-refractivity contribution in [2.75, 3.05) is 0 Å². The predicted molar refractivity (Wildman–Crippen MR) is 71.2 cm³/mol. The van der Waals surface area contributed by atoms with Crippen LogP contribution in [0.1, 0.15) is 24.0 Å².